The summed E-state index contributed by atoms with van der Waals surface area (Å²) in [7, 11) is 0. The number of rotatable bonds is 4. The molecule has 10 rings (SSSR count). The zero-order valence-electron chi connectivity index (χ0n) is 25.2. The number of anilines is 3. The fourth-order valence-electron chi connectivity index (χ4n) is 7.09. The summed E-state index contributed by atoms with van der Waals surface area (Å²) in [5.74, 6) is 0.582. The Hall–Kier alpha value is -6.39. The van der Waals surface area contributed by atoms with Crippen LogP contribution >= 0.6 is 0 Å². The second-order valence-corrected chi connectivity index (χ2v) is 12.0. The Morgan fingerprint density at radius 3 is 1.96 bits per heavy atom. The van der Waals surface area contributed by atoms with Gasteiger partial charge in [-0.2, -0.15) is 0 Å². The van der Waals surface area contributed by atoms with Crippen molar-refractivity contribution >= 4 is 82.4 Å². The van der Waals surface area contributed by atoms with Gasteiger partial charge < -0.3 is 13.7 Å². The van der Waals surface area contributed by atoms with Gasteiger partial charge in [0.25, 0.3) is 0 Å². The molecule has 47 heavy (non-hydrogen) atoms. The van der Waals surface area contributed by atoms with E-state index >= 15 is 0 Å². The van der Waals surface area contributed by atoms with Crippen LogP contribution in [0.15, 0.2) is 167 Å². The summed E-state index contributed by atoms with van der Waals surface area (Å²) in [5, 5.41) is 9.45. The first-order chi connectivity index (χ1) is 23.3. The number of benzene rings is 8. The molecule has 0 fully saturated rings. The third kappa shape index (κ3) is 4.05. The summed E-state index contributed by atoms with van der Waals surface area (Å²) in [5.41, 5.74) is 7.30. The van der Waals surface area contributed by atoms with Gasteiger partial charge in [-0.05, 0) is 99.0 Å². The first-order valence-electron chi connectivity index (χ1n) is 15.8. The molecule has 0 N–H and O–H groups in total. The third-order valence-electron chi connectivity index (χ3n) is 9.26. The molecule has 0 unspecified atom stereocenters. The van der Waals surface area contributed by atoms with Crippen molar-refractivity contribution in [3.63, 3.8) is 0 Å². The molecule has 0 aliphatic rings. The molecular formula is C43H26N2O2. The molecule has 0 aliphatic heterocycles. The third-order valence-corrected chi connectivity index (χ3v) is 9.26. The normalized spacial score (nSPS) is 11.8. The smallest absolute Gasteiger partial charge is 0.228 e. The molecule has 0 saturated carbocycles. The Labute approximate surface area is 269 Å². The first-order valence-corrected chi connectivity index (χ1v) is 15.8. The molecule has 8 aromatic carbocycles. The molecule has 0 atom stereocenters. The molecule has 0 aliphatic carbocycles. The predicted molar refractivity (Wildman–Crippen MR) is 194 cm³/mol. The van der Waals surface area contributed by atoms with Gasteiger partial charge in [-0.15, -0.1) is 0 Å². The Morgan fingerprint density at radius 1 is 0.404 bits per heavy atom. The van der Waals surface area contributed by atoms with Gasteiger partial charge in [0.1, 0.15) is 16.7 Å². The Bertz CT molecular complexity index is 2780. The molecule has 0 spiro atoms. The molecule has 0 bridgehead atoms. The summed E-state index contributed by atoms with van der Waals surface area (Å²) in [6, 6.07) is 55.2. The maximum Gasteiger partial charge on any atom is 0.228 e. The van der Waals surface area contributed by atoms with Gasteiger partial charge in [0.05, 0.1) is 0 Å². The highest BCUT2D eigenvalue weighted by molar-refractivity contribution is 6.18. The van der Waals surface area contributed by atoms with Crippen LogP contribution in [0.4, 0.5) is 17.1 Å². The SMILES string of the molecule is c1ccc(N(c2ccc3ccc4c5ccccc5ccc4c3c2)c2ccc3oc4cccc(-c5nc6ccccc6o5)c4c3c2)cc1. The lowest BCUT2D eigenvalue weighted by Crippen LogP contribution is -2.09. The van der Waals surface area contributed by atoms with Crippen LogP contribution in [0.2, 0.25) is 0 Å². The molecule has 2 heterocycles. The lowest BCUT2D eigenvalue weighted by atomic mass is 9.96. The number of hydrogen-bond donors (Lipinski definition) is 0. The van der Waals surface area contributed by atoms with Crippen molar-refractivity contribution in [1.29, 1.82) is 0 Å². The molecule has 10 aromatic rings. The van der Waals surface area contributed by atoms with Gasteiger partial charge in [0.2, 0.25) is 5.89 Å². The van der Waals surface area contributed by atoms with Crippen molar-refractivity contribution in [2.75, 3.05) is 4.90 Å². The van der Waals surface area contributed by atoms with Crippen molar-refractivity contribution in [2.45, 2.75) is 0 Å². The highest BCUT2D eigenvalue weighted by Gasteiger charge is 2.20. The summed E-state index contributed by atoms with van der Waals surface area (Å²) in [6.45, 7) is 0. The van der Waals surface area contributed by atoms with E-state index in [0.717, 1.165) is 55.7 Å². The predicted octanol–water partition coefficient (Wildman–Crippen LogP) is 12.3. The summed E-state index contributed by atoms with van der Waals surface area (Å²) in [4.78, 5) is 7.15. The Kier molecular flexibility index (Phi) is 5.54. The van der Waals surface area contributed by atoms with Gasteiger partial charge >= 0.3 is 0 Å². The van der Waals surface area contributed by atoms with Crippen LogP contribution in [-0.4, -0.2) is 4.98 Å². The lowest BCUT2D eigenvalue weighted by Gasteiger charge is -2.26. The van der Waals surface area contributed by atoms with Crippen LogP contribution in [0.5, 0.6) is 0 Å². The van der Waals surface area contributed by atoms with Gasteiger partial charge in [0.15, 0.2) is 5.58 Å². The van der Waals surface area contributed by atoms with Gasteiger partial charge in [0, 0.05) is 33.4 Å². The molecular weight excluding hydrogens is 576 g/mol. The van der Waals surface area contributed by atoms with Crippen LogP contribution < -0.4 is 4.90 Å². The Morgan fingerprint density at radius 2 is 1.09 bits per heavy atom. The first kappa shape index (κ1) is 25.9. The second-order valence-electron chi connectivity index (χ2n) is 12.0. The number of para-hydroxylation sites is 3. The van der Waals surface area contributed by atoms with E-state index in [9.17, 15) is 0 Å². The van der Waals surface area contributed by atoms with Crippen molar-refractivity contribution in [3.8, 4) is 11.5 Å². The van der Waals surface area contributed by atoms with E-state index < -0.39 is 0 Å². The van der Waals surface area contributed by atoms with E-state index in [-0.39, 0.29) is 0 Å². The quantitative estimate of drug-likeness (QED) is 0.188. The summed E-state index contributed by atoms with van der Waals surface area (Å²) >= 11 is 0. The standard InChI is InChI=1S/C43H26N2O2/c1-2-10-29(11-3-1)45(30-20-17-28-19-22-33-32-12-5-4-9-27(32)18-23-34(33)36(28)25-30)31-21-24-39-37(26-31)42-35(13-8-16-41(42)46-39)43-44-38-14-6-7-15-40(38)47-43/h1-26H. The van der Waals surface area contributed by atoms with E-state index in [1.165, 1.54) is 32.3 Å². The second kappa shape index (κ2) is 10.1. The average molecular weight is 603 g/mol. The van der Waals surface area contributed by atoms with Gasteiger partial charge in [-0.25, -0.2) is 4.98 Å². The molecule has 4 heteroatoms. The van der Waals surface area contributed by atoms with Crippen molar-refractivity contribution in [1.82, 2.24) is 4.98 Å². The zero-order valence-corrected chi connectivity index (χ0v) is 25.2. The number of hydrogen-bond acceptors (Lipinski definition) is 4. The summed E-state index contributed by atoms with van der Waals surface area (Å²) < 4.78 is 12.6. The molecule has 2 aromatic heterocycles. The number of aromatic nitrogens is 1. The van der Waals surface area contributed by atoms with Crippen molar-refractivity contribution in [3.05, 3.63) is 158 Å². The fourth-order valence-corrected chi connectivity index (χ4v) is 7.09. The topological polar surface area (TPSA) is 42.4 Å². The van der Waals surface area contributed by atoms with Crippen LogP contribution in [0, 0.1) is 0 Å². The minimum absolute atomic E-state index is 0.582. The van der Waals surface area contributed by atoms with E-state index in [1.807, 2.05) is 36.4 Å². The van der Waals surface area contributed by atoms with Crippen LogP contribution in [0.3, 0.4) is 0 Å². The van der Waals surface area contributed by atoms with Crippen LogP contribution in [0.25, 0.3) is 76.8 Å². The highest BCUT2D eigenvalue weighted by Crippen LogP contribution is 2.43. The van der Waals surface area contributed by atoms with Gasteiger partial charge in [-0.1, -0.05) is 91.0 Å². The van der Waals surface area contributed by atoms with E-state index in [4.69, 9.17) is 13.8 Å². The Balaban J connectivity index is 1.20. The minimum atomic E-state index is 0.582. The van der Waals surface area contributed by atoms with Gasteiger partial charge in [-0.3, -0.25) is 0 Å². The molecule has 0 saturated heterocycles. The molecule has 4 nitrogen and oxygen atoms in total. The van der Waals surface area contributed by atoms with E-state index in [0.29, 0.717) is 5.89 Å². The number of nitrogens with zero attached hydrogens (tertiary/aromatic N) is 2. The van der Waals surface area contributed by atoms with Crippen molar-refractivity contribution < 1.29 is 8.83 Å². The van der Waals surface area contributed by atoms with Crippen LogP contribution in [-0.2, 0) is 0 Å². The maximum absolute atomic E-state index is 6.39. The fraction of sp³-hybridized carbons (Fsp3) is 0. The largest absolute Gasteiger partial charge is 0.456 e. The maximum atomic E-state index is 6.39. The highest BCUT2D eigenvalue weighted by atomic mass is 16.3. The van der Waals surface area contributed by atoms with E-state index in [2.05, 4.69) is 126 Å². The zero-order chi connectivity index (χ0) is 30.9. The number of furan rings is 1. The summed E-state index contributed by atoms with van der Waals surface area (Å²) in [6.07, 6.45) is 0. The average Bonchev–Trinajstić information content (AvgIpc) is 3.74. The number of fused-ring (bicyclic) bond motifs is 9. The molecule has 220 valence electrons. The molecule has 0 amide bonds. The molecule has 0 radical (unpaired) electrons. The minimum Gasteiger partial charge on any atom is -0.456 e. The monoisotopic (exact) mass is 602 g/mol. The van der Waals surface area contributed by atoms with E-state index in [1.54, 1.807) is 0 Å². The van der Waals surface area contributed by atoms with Crippen LogP contribution in [0.1, 0.15) is 0 Å². The number of oxazole rings is 1. The lowest BCUT2D eigenvalue weighted by molar-refractivity contribution is 0.620. The van der Waals surface area contributed by atoms with Crippen molar-refractivity contribution in [2.24, 2.45) is 0 Å².